The maximum absolute atomic E-state index is 6.17. The molecule has 0 N–H and O–H groups in total. The normalized spacial score (nSPS) is 12.0. The van der Waals surface area contributed by atoms with Crippen LogP contribution in [-0.4, -0.2) is 0 Å². The second kappa shape index (κ2) is 6.53. The number of aryl methyl sites for hydroxylation is 4. The molecule has 0 unspecified atom stereocenters. The molecule has 0 aliphatic rings. The molecule has 0 radical (unpaired) electrons. The molecule has 0 saturated heterocycles. The Balaban J connectivity index is 1.79. The SMILES string of the molecule is CCc1cccc2c(C)c(/C=C\c3oc4c(CC)cccc4c3C)oc12. The predicted molar refractivity (Wildman–Crippen MR) is 110 cm³/mol. The minimum Gasteiger partial charge on any atom is -0.456 e. The summed E-state index contributed by atoms with van der Waals surface area (Å²) >= 11 is 0. The van der Waals surface area contributed by atoms with Crippen LogP contribution in [0.15, 0.2) is 45.2 Å². The Hall–Kier alpha value is -2.74. The molecule has 0 aliphatic carbocycles. The van der Waals surface area contributed by atoms with Crippen LogP contribution < -0.4 is 0 Å². The number of hydrogen-bond acceptors (Lipinski definition) is 2. The van der Waals surface area contributed by atoms with Crippen LogP contribution in [0.4, 0.5) is 0 Å². The average molecular weight is 344 g/mol. The van der Waals surface area contributed by atoms with Gasteiger partial charge in [0.15, 0.2) is 0 Å². The predicted octanol–water partition coefficient (Wildman–Crippen LogP) is 7.09. The quantitative estimate of drug-likeness (QED) is 0.395. The zero-order valence-corrected chi connectivity index (χ0v) is 15.8. The summed E-state index contributed by atoms with van der Waals surface area (Å²) in [5.74, 6) is 1.80. The van der Waals surface area contributed by atoms with E-state index in [-0.39, 0.29) is 0 Å². The molecule has 0 amide bonds. The van der Waals surface area contributed by atoms with Gasteiger partial charge in [-0.2, -0.15) is 0 Å². The lowest BCUT2D eigenvalue weighted by atomic mass is 10.1. The van der Waals surface area contributed by atoms with E-state index >= 15 is 0 Å². The molecule has 0 aliphatic heterocycles. The van der Waals surface area contributed by atoms with Crippen molar-refractivity contribution < 1.29 is 8.83 Å². The molecule has 132 valence electrons. The minimum atomic E-state index is 0.900. The first-order valence-corrected chi connectivity index (χ1v) is 9.34. The van der Waals surface area contributed by atoms with Crippen molar-refractivity contribution in [2.45, 2.75) is 40.5 Å². The number of fused-ring (bicyclic) bond motifs is 2. The van der Waals surface area contributed by atoms with E-state index in [1.54, 1.807) is 0 Å². The van der Waals surface area contributed by atoms with Gasteiger partial charge in [-0.25, -0.2) is 0 Å². The Labute approximate surface area is 154 Å². The molecule has 0 spiro atoms. The van der Waals surface area contributed by atoms with Crippen LogP contribution >= 0.6 is 0 Å². The van der Waals surface area contributed by atoms with Crippen molar-refractivity contribution in [1.29, 1.82) is 0 Å². The van der Waals surface area contributed by atoms with Gasteiger partial charge in [-0.05, 0) is 50.0 Å². The standard InChI is InChI=1S/C24H24O2/c1-5-17-9-7-11-19-15(3)21(25-23(17)19)13-14-22-16(4)20-12-8-10-18(6-2)24(20)26-22/h7-14H,5-6H2,1-4H3/b14-13-. The van der Waals surface area contributed by atoms with Crippen molar-refractivity contribution in [3.05, 3.63) is 70.2 Å². The second-order valence-corrected chi connectivity index (χ2v) is 6.81. The van der Waals surface area contributed by atoms with Gasteiger partial charge in [-0.3, -0.25) is 0 Å². The number of benzene rings is 2. The maximum Gasteiger partial charge on any atom is 0.138 e. The van der Waals surface area contributed by atoms with E-state index in [4.69, 9.17) is 8.83 Å². The first kappa shape index (κ1) is 16.7. The van der Waals surface area contributed by atoms with Crippen molar-refractivity contribution in [3.63, 3.8) is 0 Å². The summed E-state index contributed by atoms with van der Waals surface area (Å²) in [4.78, 5) is 0. The van der Waals surface area contributed by atoms with Crippen LogP contribution in [0.25, 0.3) is 34.1 Å². The van der Waals surface area contributed by atoms with Gasteiger partial charge in [0.05, 0.1) is 0 Å². The molecule has 26 heavy (non-hydrogen) atoms. The summed E-state index contributed by atoms with van der Waals surface area (Å²) < 4.78 is 12.3. The summed E-state index contributed by atoms with van der Waals surface area (Å²) in [6.07, 6.45) is 6.00. The van der Waals surface area contributed by atoms with E-state index in [1.165, 1.54) is 33.0 Å². The van der Waals surface area contributed by atoms with Crippen molar-refractivity contribution in [3.8, 4) is 0 Å². The van der Waals surface area contributed by atoms with E-state index in [2.05, 4.69) is 64.1 Å². The van der Waals surface area contributed by atoms with Crippen LogP contribution in [0.2, 0.25) is 0 Å². The van der Waals surface area contributed by atoms with Crippen LogP contribution in [0.5, 0.6) is 0 Å². The fourth-order valence-electron chi connectivity index (χ4n) is 3.67. The van der Waals surface area contributed by atoms with E-state index < -0.39 is 0 Å². The molecule has 2 aromatic carbocycles. The first-order chi connectivity index (χ1) is 12.6. The summed E-state index contributed by atoms with van der Waals surface area (Å²) in [6, 6.07) is 12.7. The average Bonchev–Trinajstić information content (AvgIpc) is 3.17. The molecule has 0 saturated carbocycles. The highest BCUT2D eigenvalue weighted by atomic mass is 16.3. The lowest BCUT2D eigenvalue weighted by Crippen LogP contribution is -1.79. The van der Waals surface area contributed by atoms with Gasteiger partial charge in [0.25, 0.3) is 0 Å². The summed E-state index contributed by atoms with van der Waals surface area (Å²) in [6.45, 7) is 8.55. The summed E-state index contributed by atoms with van der Waals surface area (Å²) in [5, 5.41) is 2.39. The van der Waals surface area contributed by atoms with Crippen LogP contribution in [-0.2, 0) is 12.8 Å². The Bertz CT molecular complexity index is 1030. The third-order valence-corrected chi connectivity index (χ3v) is 5.31. The van der Waals surface area contributed by atoms with Crippen LogP contribution in [0, 0.1) is 13.8 Å². The smallest absolute Gasteiger partial charge is 0.138 e. The van der Waals surface area contributed by atoms with Gasteiger partial charge < -0.3 is 8.83 Å². The van der Waals surface area contributed by atoms with Crippen molar-refractivity contribution in [2.24, 2.45) is 0 Å². The minimum absolute atomic E-state index is 0.900. The van der Waals surface area contributed by atoms with Crippen molar-refractivity contribution >= 4 is 34.1 Å². The number of hydrogen-bond donors (Lipinski definition) is 0. The van der Waals surface area contributed by atoms with E-state index in [1.807, 2.05) is 12.2 Å². The van der Waals surface area contributed by atoms with Crippen LogP contribution in [0.3, 0.4) is 0 Å². The number of para-hydroxylation sites is 2. The molecule has 4 aromatic rings. The molecule has 2 nitrogen and oxygen atoms in total. The van der Waals surface area contributed by atoms with Gasteiger partial charge in [-0.15, -0.1) is 0 Å². The third-order valence-electron chi connectivity index (χ3n) is 5.31. The lowest BCUT2D eigenvalue weighted by Gasteiger charge is -1.96. The van der Waals surface area contributed by atoms with Crippen molar-refractivity contribution in [1.82, 2.24) is 0 Å². The topological polar surface area (TPSA) is 26.3 Å². The van der Waals surface area contributed by atoms with Crippen molar-refractivity contribution in [2.75, 3.05) is 0 Å². The van der Waals surface area contributed by atoms with E-state index in [0.29, 0.717) is 0 Å². The highest BCUT2D eigenvalue weighted by Gasteiger charge is 2.13. The zero-order chi connectivity index (χ0) is 18.3. The molecule has 0 fully saturated rings. The highest BCUT2D eigenvalue weighted by Crippen LogP contribution is 2.32. The van der Waals surface area contributed by atoms with Gasteiger partial charge in [0.1, 0.15) is 22.7 Å². The zero-order valence-electron chi connectivity index (χ0n) is 15.8. The lowest BCUT2D eigenvalue weighted by molar-refractivity contribution is 0.592. The first-order valence-electron chi connectivity index (χ1n) is 9.34. The summed E-state index contributed by atoms with van der Waals surface area (Å²) in [5.41, 5.74) is 6.85. The fraction of sp³-hybridized carbons (Fsp3) is 0.250. The molecule has 4 rings (SSSR count). The van der Waals surface area contributed by atoms with E-state index in [0.717, 1.165) is 35.5 Å². The molecule has 0 bridgehead atoms. The molecular weight excluding hydrogens is 320 g/mol. The van der Waals surface area contributed by atoms with Gasteiger partial charge in [-0.1, -0.05) is 50.2 Å². The van der Waals surface area contributed by atoms with Gasteiger partial charge in [0.2, 0.25) is 0 Å². The highest BCUT2D eigenvalue weighted by molar-refractivity contribution is 5.90. The largest absolute Gasteiger partial charge is 0.456 e. The number of furan rings is 2. The molecule has 2 heterocycles. The molecular formula is C24H24O2. The maximum atomic E-state index is 6.17. The Morgan fingerprint density at radius 3 is 1.50 bits per heavy atom. The monoisotopic (exact) mass is 344 g/mol. The third kappa shape index (κ3) is 2.57. The second-order valence-electron chi connectivity index (χ2n) is 6.81. The van der Waals surface area contributed by atoms with Crippen LogP contribution in [0.1, 0.15) is 47.6 Å². The Morgan fingerprint density at radius 1 is 0.692 bits per heavy atom. The van der Waals surface area contributed by atoms with E-state index in [9.17, 15) is 0 Å². The fourth-order valence-corrected chi connectivity index (χ4v) is 3.67. The Morgan fingerprint density at radius 2 is 1.12 bits per heavy atom. The summed E-state index contributed by atoms with van der Waals surface area (Å²) in [7, 11) is 0. The van der Waals surface area contributed by atoms with Gasteiger partial charge in [0, 0.05) is 21.9 Å². The molecule has 2 aromatic heterocycles. The van der Waals surface area contributed by atoms with Gasteiger partial charge >= 0.3 is 0 Å². The molecule has 2 heteroatoms. The molecule has 0 atom stereocenters. The number of rotatable bonds is 4. The Kier molecular flexibility index (Phi) is 4.20.